The molecule has 3 atom stereocenters. The number of rotatable bonds is 4. The minimum atomic E-state index is 0.199. The van der Waals surface area contributed by atoms with Crippen molar-refractivity contribution in [2.75, 3.05) is 32.8 Å². The second-order valence-electron chi connectivity index (χ2n) is 7.71. The van der Waals surface area contributed by atoms with E-state index in [4.69, 9.17) is 17.0 Å². The lowest BCUT2D eigenvalue weighted by atomic mass is 9.95. The maximum absolute atomic E-state index is 5.52. The zero-order valence-electron chi connectivity index (χ0n) is 13.4. The van der Waals surface area contributed by atoms with E-state index in [0.29, 0.717) is 6.04 Å². The van der Waals surface area contributed by atoms with Crippen LogP contribution in [0.2, 0.25) is 0 Å². The zero-order valence-corrected chi connectivity index (χ0v) is 14.2. The van der Waals surface area contributed by atoms with E-state index >= 15 is 0 Å². The van der Waals surface area contributed by atoms with Crippen molar-refractivity contribution in [2.24, 2.45) is 11.8 Å². The molecule has 0 aromatic carbocycles. The molecule has 120 valence electrons. The first-order chi connectivity index (χ1) is 10.0. The third kappa shape index (κ3) is 3.69. The van der Waals surface area contributed by atoms with E-state index in [1.807, 2.05) is 0 Å². The highest BCUT2D eigenvalue weighted by Crippen LogP contribution is 2.44. The SMILES string of the molecule is CC(C)(CNC(=S)N[C@@H]1C[C@H]2CC[C@@H]1C2)[NH+]1CCOCC1. The Labute approximate surface area is 134 Å². The standard InChI is InChI=1S/C16H29N3OS/c1-16(2,19-5-7-20-8-6-19)11-17-15(21)18-14-10-12-3-4-13(14)9-12/h12-14H,3-11H2,1-2H3,(H2,17,18,21)/p+1/t12-,13+,14+/m0/s1. The average Bonchev–Trinajstić information content (AvgIpc) is 3.09. The lowest BCUT2D eigenvalue weighted by molar-refractivity contribution is -0.954. The maximum Gasteiger partial charge on any atom is 0.166 e. The van der Waals surface area contributed by atoms with Crippen molar-refractivity contribution in [3.8, 4) is 0 Å². The smallest absolute Gasteiger partial charge is 0.166 e. The predicted octanol–water partition coefficient (Wildman–Crippen LogP) is 0.333. The number of quaternary nitrogens is 1. The quantitative estimate of drug-likeness (QED) is 0.654. The van der Waals surface area contributed by atoms with Crippen molar-refractivity contribution < 1.29 is 9.64 Å². The summed E-state index contributed by atoms with van der Waals surface area (Å²) in [6.45, 7) is 9.53. The average molecular weight is 313 g/mol. The molecule has 2 saturated carbocycles. The van der Waals surface area contributed by atoms with Gasteiger partial charge in [-0.05, 0) is 57.2 Å². The summed E-state index contributed by atoms with van der Waals surface area (Å²) in [5.41, 5.74) is 0.199. The van der Waals surface area contributed by atoms with Gasteiger partial charge in [-0.25, -0.2) is 0 Å². The zero-order chi connectivity index (χ0) is 14.9. The van der Waals surface area contributed by atoms with E-state index in [-0.39, 0.29) is 5.54 Å². The van der Waals surface area contributed by atoms with Crippen molar-refractivity contribution in [1.82, 2.24) is 10.6 Å². The fourth-order valence-electron chi connectivity index (χ4n) is 4.36. The van der Waals surface area contributed by atoms with Crippen LogP contribution in [0.4, 0.5) is 0 Å². The minimum absolute atomic E-state index is 0.199. The molecule has 0 radical (unpaired) electrons. The van der Waals surface area contributed by atoms with Crippen LogP contribution in [0.25, 0.3) is 0 Å². The summed E-state index contributed by atoms with van der Waals surface area (Å²) in [6, 6.07) is 0.627. The summed E-state index contributed by atoms with van der Waals surface area (Å²) >= 11 is 5.52. The van der Waals surface area contributed by atoms with Crippen LogP contribution in [-0.4, -0.2) is 49.5 Å². The van der Waals surface area contributed by atoms with Crippen LogP contribution in [-0.2, 0) is 4.74 Å². The Balaban J connectivity index is 1.42. The molecule has 5 heteroatoms. The number of hydrogen-bond acceptors (Lipinski definition) is 2. The molecule has 4 nitrogen and oxygen atoms in total. The van der Waals surface area contributed by atoms with Gasteiger partial charge >= 0.3 is 0 Å². The Morgan fingerprint density at radius 2 is 2.00 bits per heavy atom. The van der Waals surface area contributed by atoms with Gasteiger partial charge < -0.3 is 20.3 Å². The second kappa shape index (κ2) is 6.39. The number of nitrogens with one attached hydrogen (secondary N) is 3. The van der Waals surface area contributed by atoms with Gasteiger partial charge in [-0.1, -0.05) is 6.42 Å². The van der Waals surface area contributed by atoms with Crippen molar-refractivity contribution in [3.63, 3.8) is 0 Å². The molecular weight excluding hydrogens is 282 g/mol. The largest absolute Gasteiger partial charge is 0.370 e. The van der Waals surface area contributed by atoms with E-state index in [2.05, 4.69) is 24.5 Å². The Bertz CT molecular complexity index is 382. The van der Waals surface area contributed by atoms with Gasteiger partial charge in [0.05, 0.1) is 19.8 Å². The topological polar surface area (TPSA) is 37.7 Å². The molecule has 0 amide bonds. The number of ether oxygens (including phenoxy) is 1. The first-order valence-electron chi connectivity index (χ1n) is 8.52. The first kappa shape index (κ1) is 15.5. The van der Waals surface area contributed by atoms with Crippen molar-refractivity contribution in [1.29, 1.82) is 0 Å². The Kier molecular flexibility index (Phi) is 4.71. The van der Waals surface area contributed by atoms with Gasteiger partial charge in [-0.15, -0.1) is 0 Å². The highest BCUT2D eigenvalue weighted by atomic mass is 32.1. The third-order valence-corrected chi connectivity index (χ3v) is 6.06. The molecule has 1 saturated heterocycles. The molecule has 21 heavy (non-hydrogen) atoms. The molecule has 0 aromatic heterocycles. The van der Waals surface area contributed by atoms with E-state index in [0.717, 1.165) is 49.8 Å². The molecule has 3 fully saturated rings. The van der Waals surface area contributed by atoms with Gasteiger partial charge in [0.25, 0.3) is 0 Å². The normalized spacial score (nSPS) is 33.1. The number of thiocarbonyl (C=S) groups is 1. The highest BCUT2D eigenvalue weighted by molar-refractivity contribution is 7.80. The van der Waals surface area contributed by atoms with Gasteiger partial charge in [0.1, 0.15) is 18.6 Å². The van der Waals surface area contributed by atoms with Crippen LogP contribution in [0, 0.1) is 11.8 Å². The summed E-state index contributed by atoms with van der Waals surface area (Å²) in [7, 11) is 0. The predicted molar refractivity (Wildman–Crippen MR) is 88.6 cm³/mol. The van der Waals surface area contributed by atoms with Crippen molar-refractivity contribution in [2.45, 2.75) is 51.1 Å². The Morgan fingerprint density at radius 1 is 1.24 bits per heavy atom. The summed E-state index contributed by atoms with van der Waals surface area (Å²) < 4.78 is 5.46. The first-order valence-corrected chi connectivity index (χ1v) is 8.93. The fraction of sp³-hybridized carbons (Fsp3) is 0.938. The Hall–Kier alpha value is -0.390. The molecule has 0 spiro atoms. The fourth-order valence-corrected chi connectivity index (χ4v) is 4.59. The number of morpholine rings is 1. The van der Waals surface area contributed by atoms with Crippen molar-refractivity contribution >= 4 is 17.3 Å². The summed E-state index contributed by atoms with van der Waals surface area (Å²) in [6.07, 6.45) is 5.58. The van der Waals surface area contributed by atoms with E-state index in [9.17, 15) is 0 Å². The summed E-state index contributed by atoms with van der Waals surface area (Å²) in [5.74, 6) is 1.83. The molecule has 2 bridgehead atoms. The minimum Gasteiger partial charge on any atom is -0.370 e. The molecule has 2 aliphatic carbocycles. The molecule has 1 heterocycles. The van der Waals surface area contributed by atoms with Crippen LogP contribution >= 0.6 is 12.2 Å². The third-order valence-electron chi connectivity index (χ3n) is 5.80. The number of hydrogen-bond donors (Lipinski definition) is 3. The summed E-state index contributed by atoms with van der Waals surface area (Å²) in [5, 5.41) is 7.89. The molecule has 1 aliphatic heterocycles. The van der Waals surface area contributed by atoms with Crippen LogP contribution in [0.5, 0.6) is 0 Å². The molecule has 0 unspecified atom stereocenters. The van der Waals surface area contributed by atoms with Crippen LogP contribution in [0.15, 0.2) is 0 Å². The van der Waals surface area contributed by atoms with Crippen LogP contribution in [0.1, 0.15) is 39.5 Å². The Morgan fingerprint density at radius 3 is 2.62 bits per heavy atom. The van der Waals surface area contributed by atoms with Crippen LogP contribution < -0.4 is 15.5 Å². The lowest BCUT2D eigenvalue weighted by Gasteiger charge is -2.38. The summed E-state index contributed by atoms with van der Waals surface area (Å²) in [4.78, 5) is 1.61. The monoisotopic (exact) mass is 312 g/mol. The molecule has 3 aliphatic rings. The van der Waals surface area contributed by atoms with E-state index in [1.54, 1.807) is 4.90 Å². The highest BCUT2D eigenvalue weighted by Gasteiger charge is 2.40. The molecular formula is C16H30N3OS+. The molecule has 3 N–H and O–H groups in total. The maximum atomic E-state index is 5.52. The van der Waals surface area contributed by atoms with Gasteiger partial charge in [0.2, 0.25) is 0 Å². The van der Waals surface area contributed by atoms with Crippen molar-refractivity contribution in [3.05, 3.63) is 0 Å². The van der Waals surface area contributed by atoms with E-state index in [1.165, 1.54) is 25.7 Å². The van der Waals surface area contributed by atoms with Crippen LogP contribution in [0.3, 0.4) is 0 Å². The van der Waals surface area contributed by atoms with Gasteiger partial charge in [0.15, 0.2) is 5.11 Å². The van der Waals surface area contributed by atoms with Gasteiger partial charge in [-0.3, -0.25) is 0 Å². The molecule has 3 rings (SSSR count). The van der Waals surface area contributed by atoms with E-state index < -0.39 is 0 Å². The van der Waals surface area contributed by atoms with Gasteiger partial charge in [0, 0.05) is 6.04 Å². The number of fused-ring (bicyclic) bond motifs is 2. The molecule has 0 aromatic rings. The van der Waals surface area contributed by atoms with Gasteiger partial charge in [-0.2, -0.15) is 0 Å². The second-order valence-corrected chi connectivity index (χ2v) is 8.12. The lowest BCUT2D eigenvalue weighted by Crippen LogP contribution is -3.22.